The lowest BCUT2D eigenvalue weighted by Crippen LogP contribution is -2.47. The second kappa shape index (κ2) is 8.57. The van der Waals surface area contributed by atoms with Crippen molar-refractivity contribution < 1.29 is 14.3 Å². The van der Waals surface area contributed by atoms with Crippen molar-refractivity contribution in [2.75, 3.05) is 26.2 Å². The van der Waals surface area contributed by atoms with Gasteiger partial charge in [0.25, 0.3) is 0 Å². The summed E-state index contributed by atoms with van der Waals surface area (Å²) in [6.45, 7) is 5.55. The molecule has 0 saturated heterocycles. The summed E-state index contributed by atoms with van der Waals surface area (Å²) in [6, 6.07) is 9.97. The lowest BCUT2D eigenvalue weighted by molar-refractivity contribution is -0.142. The molecule has 4 rings (SSSR count). The lowest BCUT2D eigenvalue weighted by atomic mass is 10.0. The molecular formula is C23H28N2O3S. The van der Waals surface area contributed by atoms with Gasteiger partial charge in [0.05, 0.1) is 12.6 Å². The maximum absolute atomic E-state index is 13.2. The van der Waals surface area contributed by atoms with Gasteiger partial charge in [0.15, 0.2) is 0 Å². The molecule has 1 atom stereocenters. The summed E-state index contributed by atoms with van der Waals surface area (Å²) in [5.41, 5.74) is 2.37. The summed E-state index contributed by atoms with van der Waals surface area (Å²) < 4.78 is 6.06. The molecule has 2 amide bonds. The quantitative estimate of drug-likeness (QED) is 0.695. The van der Waals surface area contributed by atoms with E-state index in [1.54, 1.807) is 23.2 Å². The molecule has 1 saturated carbocycles. The van der Waals surface area contributed by atoms with Gasteiger partial charge in [-0.25, -0.2) is 0 Å². The van der Waals surface area contributed by atoms with Crippen LogP contribution in [0.15, 0.2) is 35.7 Å². The number of carbonyl (C=O) groups excluding carboxylic acids is 2. The van der Waals surface area contributed by atoms with Gasteiger partial charge in [-0.2, -0.15) is 0 Å². The van der Waals surface area contributed by atoms with Gasteiger partial charge < -0.3 is 14.5 Å². The average molecular weight is 413 g/mol. The molecule has 0 N–H and O–H groups in total. The summed E-state index contributed by atoms with van der Waals surface area (Å²) in [6.07, 6.45) is 3.18. The summed E-state index contributed by atoms with van der Waals surface area (Å²) in [5.74, 6) is 1.36. The van der Waals surface area contributed by atoms with E-state index < -0.39 is 0 Å². The molecule has 2 aliphatic rings. The second-order valence-corrected chi connectivity index (χ2v) is 9.12. The number of rotatable bonds is 7. The third-order valence-corrected chi connectivity index (χ3v) is 6.79. The predicted octanol–water partition coefficient (Wildman–Crippen LogP) is 3.82. The molecule has 1 aliphatic carbocycles. The van der Waals surface area contributed by atoms with Gasteiger partial charge >= 0.3 is 0 Å². The Morgan fingerprint density at radius 1 is 1.21 bits per heavy atom. The monoisotopic (exact) mass is 412 g/mol. The van der Waals surface area contributed by atoms with E-state index in [0.717, 1.165) is 25.0 Å². The lowest BCUT2D eigenvalue weighted by Gasteiger charge is -2.37. The van der Waals surface area contributed by atoms with Crippen molar-refractivity contribution in [1.82, 2.24) is 9.80 Å². The minimum Gasteiger partial charge on any atom is -0.491 e. The highest BCUT2D eigenvalue weighted by Crippen LogP contribution is 2.34. The zero-order valence-corrected chi connectivity index (χ0v) is 17.9. The number of ether oxygens (including phenoxy) is 1. The zero-order valence-electron chi connectivity index (χ0n) is 17.1. The van der Waals surface area contributed by atoms with Gasteiger partial charge in [-0.3, -0.25) is 9.59 Å². The van der Waals surface area contributed by atoms with E-state index in [0.29, 0.717) is 25.6 Å². The first-order valence-electron chi connectivity index (χ1n) is 10.3. The Labute approximate surface area is 176 Å². The molecule has 0 radical (unpaired) electrons. The van der Waals surface area contributed by atoms with E-state index in [4.69, 9.17) is 4.74 Å². The average Bonchev–Trinajstić information content (AvgIpc) is 3.39. The molecule has 29 heavy (non-hydrogen) atoms. The molecule has 2 aromatic rings. The van der Waals surface area contributed by atoms with Gasteiger partial charge in [-0.15, -0.1) is 11.3 Å². The van der Waals surface area contributed by atoms with E-state index in [2.05, 4.69) is 11.4 Å². The van der Waals surface area contributed by atoms with Crippen molar-refractivity contribution in [3.8, 4) is 5.75 Å². The molecule has 154 valence electrons. The Balaban J connectivity index is 1.48. The molecule has 1 aromatic carbocycles. The normalized spacial score (nSPS) is 18.3. The van der Waals surface area contributed by atoms with Crippen LogP contribution in [0, 0.1) is 12.8 Å². The first-order valence-corrected chi connectivity index (χ1v) is 11.2. The molecule has 0 spiro atoms. The molecule has 1 fully saturated rings. The molecule has 1 aromatic heterocycles. The van der Waals surface area contributed by atoms with Crippen LogP contribution in [0.25, 0.3) is 0 Å². The third kappa shape index (κ3) is 4.81. The summed E-state index contributed by atoms with van der Waals surface area (Å²) in [5, 5.41) is 2.09. The minimum atomic E-state index is -0.117. The topological polar surface area (TPSA) is 49.9 Å². The van der Waals surface area contributed by atoms with Crippen molar-refractivity contribution in [3.05, 3.63) is 51.7 Å². The second-order valence-electron chi connectivity index (χ2n) is 8.12. The van der Waals surface area contributed by atoms with Crippen LogP contribution in [0.4, 0.5) is 0 Å². The van der Waals surface area contributed by atoms with Crippen LogP contribution in [0.3, 0.4) is 0 Å². The number of benzene rings is 1. The smallest absolute Gasteiger partial charge is 0.242 e. The zero-order chi connectivity index (χ0) is 20.4. The van der Waals surface area contributed by atoms with E-state index in [1.165, 1.54) is 16.0 Å². The van der Waals surface area contributed by atoms with E-state index in [9.17, 15) is 9.59 Å². The maximum Gasteiger partial charge on any atom is 0.242 e. The highest BCUT2D eigenvalue weighted by atomic mass is 32.1. The Morgan fingerprint density at radius 2 is 1.97 bits per heavy atom. The number of hydrogen-bond acceptors (Lipinski definition) is 4. The van der Waals surface area contributed by atoms with Crippen molar-refractivity contribution in [2.24, 2.45) is 5.92 Å². The van der Waals surface area contributed by atoms with Crippen molar-refractivity contribution >= 4 is 23.2 Å². The highest BCUT2D eigenvalue weighted by molar-refractivity contribution is 7.10. The Morgan fingerprint density at radius 3 is 2.66 bits per heavy atom. The van der Waals surface area contributed by atoms with Crippen LogP contribution in [0.1, 0.15) is 41.8 Å². The Hall–Kier alpha value is -2.34. The maximum atomic E-state index is 13.2. The van der Waals surface area contributed by atoms with Crippen molar-refractivity contribution in [3.63, 3.8) is 0 Å². The van der Waals surface area contributed by atoms with Crippen LogP contribution >= 0.6 is 11.3 Å². The highest BCUT2D eigenvalue weighted by Gasteiger charge is 2.34. The minimum absolute atomic E-state index is 0.00945. The number of aryl methyl sites for hydroxylation is 1. The molecule has 5 nitrogen and oxygen atoms in total. The molecular weight excluding hydrogens is 384 g/mol. The number of amides is 2. The fourth-order valence-corrected chi connectivity index (χ4v) is 4.78. The molecule has 6 heteroatoms. The largest absolute Gasteiger partial charge is 0.491 e. The van der Waals surface area contributed by atoms with E-state index in [-0.39, 0.29) is 24.4 Å². The first kappa shape index (κ1) is 20.0. The number of fused-ring (bicyclic) bond motifs is 1. The SMILES string of the molecule is CC(=O)N(CC(=O)N1CCc2sccc2C1COc1ccc(C)cc1)CC1CC1. The first-order chi connectivity index (χ1) is 14.0. The predicted molar refractivity (Wildman–Crippen MR) is 114 cm³/mol. The summed E-state index contributed by atoms with van der Waals surface area (Å²) in [7, 11) is 0. The van der Waals surface area contributed by atoms with Crippen molar-refractivity contribution in [2.45, 2.75) is 39.2 Å². The summed E-state index contributed by atoms with van der Waals surface area (Å²) >= 11 is 1.74. The van der Waals surface area contributed by atoms with Crippen molar-refractivity contribution in [1.29, 1.82) is 0 Å². The van der Waals surface area contributed by atoms with Crippen LogP contribution in [-0.4, -0.2) is 47.9 Å². The number of nitrogens with zero attached hydrogens (tertiary/aromatic N) is 2. The summed E-state index contributed by atoms with van der Waals surface area (Å²) in [4.78, 5) is 30.2. The van der Waals surface area contributed by atoms with Gasteiger partial charge in [0.1, 0.15) is 12.4 Å². The Kier molecular flexibility index (Phi) is 5.90. The van der Waals surface area contributed by atoms with Crippen LogP contribution in [0.2, 0.25) is 0 Å². The van der Waals surface area contributed by atoms with E-state index in [1.807, 2.05) is 36.1 Å². The molecule has 1 unspecified atom stereocenters. The van der Waals surface area contributed by atoms with E-state index >= 15 is 0 Å². The standard InChI is InChI=1S/C23H28N2O3S/c1-16-3-7-19(8-4-16)28-15-21-20-10-12-29-22(20)9-11-25(21)23(27)14-24(17(2)26)13-18-5-6-18/h3-4,7-8,10,12,18,21H,5-6,9,11,13-15H2,1-2H3. The third-order valence-electron chi connectivity index (χ3n) is 5.79. The van der Waals surface area contributed by atoms with Crippen LogP contribution in [0.5, 0.6) is 5.75 Å². The van der Waals surface area contributed by atoms with Gasteiger partial charge in [0, 0.05) is 24.9 Å². The number of thiophene rings is 1. The fraction of sp³-hybridized carbons (Fsp3) is 0.478. The number of hydrogen-bond donors (Lipinski definition) is 0. The molecule has 2 heterocycles. The van der Waals surface area contributed by atoms with Crippen LogP contribution < -0.4 is 4.74 Å². The van der Waals surface area contributed by atoms with Gasteiger partial charge in [-0.1, -0.05) is 17.7 Å². The fourth-order valence-electron chi connectivity index (χ4n) is 3.85. The molecule has 0 bridgehead atoms. The van der Waals surface area contributed by atoms with Gasteiger partial charge in [0.2, 0.25) is 11.8 Å². The number of carbonyl (C=O) groups is 2. The van der Waals surface area contributed by atoms with Crippen LogP contribution in [-0.2, 0) is 16.0 Å². The Bertz CT molecular complexity index is 873. The molecule has 1 aliphatic heterocycles. The van der Waals surface area contributed by atoms with Gasteiger partial charge in [-0.05, 0) is 61.2 Å².